The first kappa shape index (κ1) is 15.1. The second kappa shape index (κ2) is 6.92. The number of aliphatic carboxylic acids is 1. The molecule has 21 heavy (non-hydrogen) atoms. The molecule has 2 aromatic rings. The number of carboxylic acids is 1. The smallest absolute Gasteiger partial charge is 0.323 e. The summed E-state index contributed by atoms with van der Waals surface area (Å²) in [4.78, 5) is 19.0. The maximum absolute atomic E-state index is 10.8. The molecule has 0 aromatic carbocycles. The summed E-state index contributed by atoms with van der Waals surface area (Å²) in [6.07, 6.45) is 2.17. The van der Waals surface area contributed by atoms with Gasteiger partial charge >= 0.3 is 5.97 Å². The number of anilines is 1. The Morgan fingerprint density at radius 1 is 1.43 bits per heavy atom. The maximum Gasteiger partial charge on any atom is 0.323 e. The van der Waals surface area contributed by atoms with Gasteiger partial charge in [-0.25, -0.2) is 4.98 Å². The minimum atomic E-state index is -0.962. The van der Waals surface area contributed by atoms with Gasteiger partial charge in [-0.2, -0.15) is 4.98 Å². The van der Waals surface area contributed by atoms with Crippen LogP contribution in [-0.4, -0.2) is 43.9 Å². The van der Waals surface area contributed by atoms with Gasteiger partial charge in [-0.15, -0.1) is 0 Å². The molecule has 7 nitrogen and oxygen atoms in total. The van der Waals surface area contributed by atoms with Crippen molar-refractivity contribution in [3.63, 3.8) is 0 Å². The zero-order chi connectivity index (χ0) is 15.2. The van der Waals surface area contributed by atoms with E-state index in [1.165, 1.54) is 4.57 Å². The quantitative estimate of drug-likeness (QED) is 0.432. The van der Waals surface area contributed by atoms with E-state index in [0.717, 1.165) is 0 Å². The monoisotopic (exact) mass is 308 g/mol. The van der Waals surface area contributed by atoms with E-state index in [9.17, 15) is 4.79 Å². The van der Waals surface area contributed by atoms with Crippen LogP contribution in [0, 0.1) is 11.8 Å². The van der Waals surface area contributed by atoms with E-state index in [2.05, 4.69) is 27.1 Å². The molecular formula is C13H13ClN4O3. The maximum atomic E-state index is 10.8. The van der Waals surface area contributed by atoms with Crippen molar-refractivity contribution in [2.75, 3.05) is 18.5 Å². The Bertz CT molecular complexity index is 717. The molecule has 110 valence electrons. The van der Waals surface area contributed by atoms with Gasteiger partial charge < -0.3 is 20.1 Å². The molecule has 0 unspecified atom stereocenters. The SMILES string of the molecule is O=C(O)Cn1ccc2c(NCCC#CCO)nc(Cl)nc21. The lowest BCUT2D eigenvalue weighted by atomic mass is 10.3. The van der Waals surface area contributed by atoms with Gasteiger partial charge in [-0.1, -0.05) is 11.8 Å². The van der Waals surface area contributed by atoms with Crippen molar-refractivity contribution in [3.8, 4) is 11.8 Å². The van der Waals surface area contributed by atoms with Gasteiger partial charge in [-0.05, 0) is 17.7 Å². The predicted molar refractivity (Wildman–Crippen MR) is 78.1 cm³/mol. The fourth-order valence-electron chi connectivity index (χ4n) is 1.83. The number of hydrogen-bond acceptors (Lipinski definition) is 5. The highest BCUT2D eigenvalue weighted by Crippen LogP contribution is 2.23. The molecule has 3 N–H and O–H groups in total. The third kappa shape index (κ3) is 3.84. The number of carbonyl (C=O) groups is 1. The Hall–Kier alpha value is -2.30. The fraction of sp³-hybridized carbons (Fsp3) is 0.308. The lowest BCUT2D eigenvalue weighted by Gasteiger charge is -2.06. The number of aliphatic hydroxyl groups excluding tert-OH is 1. The molecular weight excluding hydrogens is 296 g/mol. The lowest BCUT2D eigenvalue weighted by Crippen LogP contribution is -2.09. The number of rotatable bonds is 5. The van der Waals surface area contributed by atoms with Crippen LogP contribution in [0.2, 0.25) is 5.28 Å². The first-order valence-corrected chi connectivity index (χ1v) is 6.54. The van der Waals surface area contributed by atoms with Crippen molar-refractivity contribution < 1.29 is 15.0 Å². The van der Waals surface area contributed by atoms with E-state index in [0.29, 0.717) is 29.8 Å². The summed E-state index contributed by atoms with van der Waals surface area (Å²) in [5, 5.41) is 21.2. The fourth-order valence-corrected chi connectivity index (χ4v) is 2.00. The summed E-state index contributed by atoms with van der Waals surface area (Å²) < 4.78 is 1.49. The van der Waals surface area contributed by atoms with Crippen molar-refractivity contribution in [2.45, 2.75) is 13.0 Å². The molecule has 0 radical (unpaired) electrons. The Morgan fingerprint density at radius 3 is 2.95 bits per heavy atom. The zero-order valence-electron chi connectivity index (χ0n) is 11.0. The molecule has 0 fully saturated rings. The van der Waals surface area contributed by atoms with Crippen LogP contribution in [0.3, 0.4) is 0 Å². The summed E-state index contributed by atoms with van der Waals surface area (Å²) in [5.74, 6) is 4.89. The van der Waals surface area contributed by atoms with Gasteiger partial charge in [0.15, 0.2) is 0 Å². The van der Waals surface area contributed by atoms with Crippen LogP contribution >= 0.6 is 11.6 Å². The van der Waals surface area contributed by atoms with Crippen molar-refractivity contribution >= 4 is 34.4 Å². The van der Waals surface area contributed by atoms with Crippen LogP contribution in [0.1, 0.15) is 6.42 Å². The van der Waals surface area contributed by atoms with Gasteiger partial charge in [-0.3, -0.25) is 4.79 Å². The topological polar surface area (TPSA) is 100 Å². The van der Waals surface area contributed by atoms with Gasteiger partial charge in [0.2, 0.25) is 5.28 Å². The van der Waals surface area contributed by atoms with Crippen LogP contribution in [0.5, 0.6) is 0 Å². The number of halogens is 1. The van der Waals surface area contributed by atoms with Gasteiger partial charge in [0.1, 0.15) is 24.6 Å². The number of aromatic nitrogens is 3. The van der Waals surface area contributed by atoms with E-state index in [1.807, 2.05) is 0 Å². The number of fused-ring (bicyclic) bond motifs is 1. The third-order valence-corrected chi connectivity index (χ3v) is 2.81. The average Bonchev–Trinajstić information content (AvgIpc) is 2.81. The third-order valence-electron chi connectivity index (χ3n) is 2.64. The standard InChI is InChI=1S/C13H13ClN4O3/c14-13-16-11(15-5-2-1-3-7-19)9-4-6-18(8-10(20)21)12(9)17-13/h4,6,19H,2,5,7-8H2,(H,20,21)(H,15,16,17). The molecule has 0 aliphatic carbocycles. The molecule has 0 aliphatic heterocycles. The molecule has 0 amide bonds. The van der Waals surface area contributed by atoms with Crippen LogP contribution in [0.15, 0.2) is 12.3 Å². The molecule has 0 atom stereocenters. The highest BCUT2D eigenvalue weighted by Gasteiger charge is 2.12. The van der Waals surface area contributed by atoms with Crippen molar-refractivity contribution in [1.29, 1.82) is 0 Å². The predicted octanol–water partition coefficient (Wildman–Crippen LogP) is 0.967. The molecule has 0 aliphatic rings. The van der Waals surface area contributed by atoms with Crippen molar-refractivity contribution in [1.82, 2.24) is 14.5 Å². The lowest BCUT2D eigenvalue weighted by molar-refractivity contribution is -0.137. The molecule has 0 saturated carbocycles. The van der Waals surface area contributed by atoms with Crippen LogP contribution in [0.25, 0.3) is 11.0 Å². The molecule has 2 heterocycles. The molecule has 0 spiro atoms. The van der Waals surface area contributed by atoms with Gasteiger partial charge in [0.05, 0.1) is 5.39 Å². The summed E-state index contributed by atoms with van der Waals surface area (Å²) in [6, 6.07) is 1.73. The molecule has 0 saturated heterocycles. The highest BCUT2D eigenvalue weighted by molar-refractivity contribution is 6.28. The number of hydrogen-bond donors (Lipinski definition) is 3. The van der Waals surface area contributed by atoms with Gasteiger partial charge in [0.25, 0.3) is 0 Å². The molecule has 2 aromatic heterocycles. The molecule has 2 rings (SSSR count). The summed E-state index contributed by atoms with van der Waals surface area (Å²) in [7, 11) is 0. The van der Waals surface area contributed by atoms with Crippen molar-refractivity contribution in [2.24, 2.45) is 0 Å². The normalized spacial score (nSPS) is 10.2. The van der Waals surface area contributed by atoms with Crippen LogP contribution in [-0.2, 0) is 11.3 Å². The van der Waals surface area contributed by atoms with E-state index < -0.39 is 5.97 Å². The number of nitrogens with one attached hydrogen (secondary N) is 1. The number of aliphatic hydroxyl groups is 1. The Labute approximate surface area is 125 Å². The van der Waals surface area contributed by atoms with E-state index >= 15 is 0 Å². The first-order valence-electron chi connectivity index (χ1n) is 6.16. The number of nitrogens with zero attached hydrogens (tertiary/aromatic N) is 3. The van der Waals surface area contributed by atoms with E-state index in [4.69, 9.17) is 21.8 Å². The second-order valence-electron chi connectivity index (χ2n) is 4.10. The second-order valence-corrected chi connectivity index (χ2v) is 4.44. The van der Waals surface area contributed by atoms with Gasteiger partial charge in [0, 0.05) is 19.2 Å². The summed E-state index contributed by atoms with van der Waals surface area (Å²) >= 11 is 5.87. The summed E-state index contributed by atoms with van der Waals surface area (Å²) in [5.41, 5.74) is 0.460. The Balaban J connectivity index is 2.23. The van der Waals surface area contributed by atoms with E-state index in [1.54, 1.807) is 12.3 Å². The Morgan fingerprint density at radius 2 is 2.24 bits per heavy atom. The minimum Gasteiger partial charge on any atom is -0.480 e. The van der Waals surface area contributed by atoms with Crippen LogP contribution < -0.4 is 5.32 Å². The van der Waals surface area contributed by atoms with E-state index in [-0.39, 0.29) is 18.4 Å². The zero-order valence-corrected chi connectivity index (χ0v) is 11.8. The molecule has 0 bridgehead atoms. The molecule has 8 heteroatoms. The highest BCUT2D eigenvalue weighted by atomic mass is 35.5. The number of carboxylic acid groups (broad SMARTS) is 1. The Kier molecular flexibility index (Phi) is 4.98. The first-order chi connectivity index (χ1) is 10.1. The largest absolute Gasteiger partial charge is 0.480 e. The average molecular weight is 309 g/mol. The van der Waals surface area contributed by atoms with Crippen molar-refractivity contribution in [3.05, 3.63) is 17.5 Å². The van der Waals surface area contributed by atoms with Crippen LogP contribution in [0.4, 0.5) is 5.82 Å². The minimum absolute atomic E-state index is 0.0387. The summed E-state index contributed by atoms with van der Waals surface area (Å²) in [6.45, 7) is 0.166.